The molecule has 0 aromatic carbocycles. The van der Waals surface area contributed by atoms with Crippen molar-refractivity contribution >= 4 is 11.9 Å². The SMILES string of the molecule is CCCCCCCCCCCCCCCCCCCCCCC/C=C/C(O)C(CO)NC(=O)CCCCCCCCC/C=C\CCCCCCCCCCCCCOC(=O)CCCCCCCCCCCCC. The monoisotopic (exact) mass is 1030 g/mol. The zero-order chi connectivity index (χ0) is 52.9. The van der Waals surface area contributed by atoms with Gasteiger partial charge >= 0.3 is 5.97 Å². The molecule has 2 unspecified atom stereocenters. The Morgan fingerprint density at radius 2 is 0.644 bits per heavy atom. The van der Waals surface area contributed by atoms with Crippen LogP contribution in [0.1, 0.15) is 367 Å². The van der Waals surface area contributed by atoms with Gasteiger partial charge in [0.15, 0.2) is 0 Å². The standard InChI is InChI=1S/C67H129NO5/c1-3-5-7-9-11-13-15-16-17-18-19-20-21-24-27-30-33-36-40-43-47-51-55-59-65(70)64(63-69)68-66(71)60-56-52-48-44-41-37-34-31-28-25-22-23-26-29-32-35-38-42-46-50-54-58-62-73-67(72)61-57-53-49-45-39-14-12-10-8-6-4-2/h25,28,55,59,64-65,69-70H,3-24,26-27,29-54,56-58,60-63H2,1-2H3,(H,68,71)/b28-25-,59-55+. The molecule has 0 bridgehead atoms. The molecule has 0 saturated heterocycles. The summed E-state index contributed by atoms with van der Waals surface area (Å²) in [5, 5.41) is 23.2. The number of nitrogens with one attached hydrogen (secondary N) is 1. The molecule has 0 aromatic rings. The first-order chi connectivity index (χ1) is 36.0. The predicted molar refractivity (Wildman–Crippen MR) is 320 cm³/mol. The molecule has 0 saturated carbocycles. The highest BCUT2D eigenvalue weighted by atomic mass is 16.5. The third-order valence-corrected chi connectivity index (χ3v) is 15.5. The van der Waals surface area contributed by atoms with Gasteiger partial charge in [0.2, 0.25) is 5.91 Å². The normalized spacial score (nSPS) is 12.7. The lowest BCUT2D eigenvalue weighted by molar-refractivity contribution is -0.143. The summed E-state index contributed by atoms with van der Waals surface area (Å²) in [7, 11) is 0. The summed E-state index contributed by atoms with van der Waals surface area (Å²) in [5.41, 5.74) is 0. The van der Waals surface area contributed by atoms with E-state index in [0.717, 1.165) is 44.9 Å². The summed E-state index contributed by atoms with van der Waals surface area (Å²) in [4.78, 5) is 24.5. The molecule has 0 aliphatic rings. The fourth-order valence-electron chi connectivity index (χ4n) is 10.4. The third-order valence-electron chi connectivity index (χ3n) is 15.5. The zero-order valence-corrected chi connectivity index (χ0v) is 49.4. The van der Waals surface area contributed by atoms with E-state index in [4.69, 9.17) is 4.74 Å². The minimum atomic E-state index is -0.850. The average molecular weight is 1030 g/mol. The Morgan fingerprint density at radius 1 is 0.370 bits per heavy atom. The van der Waals surface area contributed by atoms with Crippen molar-refractivity contribution in [3.05, 3.63) is 24.3 Å². The zero-order valence-electron chi connectivity index (χ0n) is 49.4. The summed E-state index contributed by atoms with van der Waals surface area (Å²) in [6, 6.07) is -0.634. The minimum absolute atomic E-state index is 0.00965. The van der Waals surface area contributed by atoms with Gasteiger partial charge in [-0.25, -0.2) is 0 Å². The number of allylic oxidation sites excluding steroid dienone is 3. The number of hydrogen-bond donors (Lipinski definition) is 3. The van der Waals surface area contributed by atoms with E-state index in [0.29, 0.717) is 19.4 Å². The summed E-state index contributed by atoms with van der Waals surface area (Å²) in [6.45, 7) is 4.93. The Hall–Kier alpha value is -1.66. The number of amides is 1. The van der Waals surface area contributed by atoms with Crippen molar-refractivity contribution in [1.29, 1.82) is 0 Å². The van der Waals surface area contributed by atoms with Crippen LogP contribution in [0.15, 0.2) is 24.3 Å². The van der Waals surface area contributed by atoms with Gasteiger partial charge in [0.25, 0.3) is 0 Å². The molecule has 0 rings (SSSR count). The predicted octanol–water partition coefficient (Wildman–Crippen LogP) is 21.0. The lowest BCUT2D eigenvalue weighted by Gasteiger charge is -2.20. The van der Waals surface area contributed by atoms with E-state index in [1.54, 1.807) is 6.08 Å². The number of ether oxygens (including phenoxy) is 1. The Bertz CT molecular complexity index is 1140. The quantitative estimate of drug-likeness (QED) is 0.0320. The number of rotatable bonds is 62. The molecule has 3 N–H and O–H groups in total. The van der Waals surface area contributed by atoms with Gasteiger partial charge in [0.1, 0.15) is 0 Å². The van der Waals surface area contributed by atoms with Crippen LogP contribution in [0.5, 0.6) is 0 Å². The lowest BCUT2D eigenvalue weighted by Crippen LogP contribution is -2.45. The number of carbonyl (C=O) groups is 2. The Labute approximate surface area is 456 Å². The van der Waals surface area contributed by atoms with Gasteiger partial charge in [-0.3, -0.25) is 9.59 Å². The van der Waals surface area contributed by atoms with Crippen LogP contribution in [-0.4, -0.2) is 47.4 Å². The molecule has 6 heteroatoms. The van der Waals surface area contributed by atoms with Crippen LogP contribution in [0.4, 0.5) is 0 Å². The second-order valence-electron chi connectivity index (χ2n) is 22.8. The van der Waals surface area contributed by atoms with Gasteiger partial charge in [-0.05, 0) is 57.8 Å². The van der Waals surface area contributed by atoms with Crippen molar-refractivity contribution < 1.29 is 24.5 Å². The Balaban J connectivity index is 3.45. The largest absolute Gasteiger partial charge is 0.466 e. The molecule has 73 heavy (non-hydrogen) atoms. The van der Waals surface area contributed by atoms with E-state index in [2.05, 4.69) is 31.3 Å². The molecule has 6 nitrogen and oxygen atoms in total. The minimum Gasteiger partial charge on any atom is -0.466 e. The van der Waals surface area contributed by atoms with E-state index < -0.39 is 12.1 Å². The van der Waals surface area contributed by atoms with Gasteiger partial charge in [-0.1, -0.05) is 321 Å². The van der Waals surface area contributed by atoms with E-state index >= 15 is 0 Å². The topological polar surface area (TPSA) is 95.9 Å². The van der Waals surface area contributed by atoms with Crippen molar-refractivity contribution in [2.75, 3.05) is 13.2 Å². The molecule has 2 atom stereocenters. The van der Waals surface area contributed by atoms with E-state index in [-0.39, 0.29) is 18.5 Å². The van der Waals surface area contributed by atoms with Crippen LogP contribution >= 0.6 is 0 Å². The van der Waals surface area contributed by atoms with E-state index in [1.807, 2.05) is 6.08 Å². The van der Waals surface area contributed by atoms with E-state index in [1.165, 1.54) is 295 Å². The number of aliphatic hydroxyl groups excluding tert-OH is 2. The van der Waals surface area contributed by atoms with Crippen molar-refractivity contribution in [3.63, 3.8) is 0 Å². The number of carbonyl (C=O) groups excluding carboxylic acids is 2. The molecular weight excluding hydrogens is 899 g/mol. The molecule has 0 aliphatic heterocycles. The summed E-state index contributed by atoms with van der Waals surface area (Å²) in [6.07, 6.45) is 78.1. The molecule has 0 fully saturated rings. The van der Waals surface area contributed by atoms with Crippen molar-refractivity contribution in [2.24, 2.45) is 0 Å². The van der Waals surface area contributed by atoms with Crippen LogP contribution in [0.2, 0.25) is 0 Å². The van der Waals surface area contributed by atoms with Crippen molar-refractivity contribution in [2.45, 2.75) is 379 Å². The van der Waals surface area contributed by atoms with Crippen LogP contribution in [0.3, 0.4) is 0 Å². The molecule has 0 aliphatic carbocycles. The number of hydrogen-bond acceptors (Lipinski definition) is 5. The maximum atomic E-state index is 12.5. The molecule has 432 valence electrons. The van der Waals surface area contributed by atoms with Gasteiger partial charge in [-0.2, -0.15) is 0 Å². The second-order valence-corrected chi connectivity index (χ2v) is 22.8. The summed E-state index contributed by atoms with van der Waals surface area (Å²) < 4.78 is 5.47. The van der Waals surface area contributed by atoms with E-state index in [9.17, 15) is 19.8 Å². The molecule has 0 aromatic heterocycles. The lowest BCUT2D eigenvalue weighted by atomic mass is 10.0. The number of unbranched alkanes of at least 4 members (excludes halogenated alkanes) is 49. The smallest absolute Gasteiger partial charge is 0.305 e. The first-order valence-corrected chi connectivity index (χ1v) is 33.1. The first-order valence-electron chi connectivity index (χ1n) is 33.1. The Morgan fingerprint density at radius 3 is 0.973 bits per heavy atom. The summed E-state index contributed by atoms with van der Waals surface area (Å²) in [5.74, 6) is -0.0615. The fourth-order valence-corrected chi connectivity index (χ4v) is 10.4. The maximum absolute atomic E-state index is 12.5. The van der Waals surface area contributed by atoms with Gasteiger partial charge in [0.05, 0.1) is 25.4 Å². The highest BCUT2D eigenvalue weighted by molar-refractivity contribution is 5.76. The highest BCUT2D eigenvalue weighted by Gasteiger charge is 2.18. The second kappa shape index (κ2) is 62.9. The van der Waals surface area contributed by atoms with Crippen molar-refractivity contribution in [1.82, 2.24) is 5.32 Å². The number of esters is 1. The third kappa shape index (κ3) is 59.4. The average Bonchev–Trinajstić information content (AvgIpc) is 3.39. The van der Waals surface area contributed by atoms with Crippen LogP contribution in [0.25, 0.3) is 0 Å². The number of aliphatic hydroxyl groups is 2. The molecule has 0 heterocycles. The fraction of sp³-hybridized carbons (Fsp3) is 0.910. The molecule has 0 spiro atoms. The Kier molecular flexibility index (Phi) is 61.4. The van der Waals surface area contributed by atoms with Gasteiger partial charge in [-0.15, -0.1) is 0 Å². The van der Waals surface area contributed by atoms with Gasteiger partial charge in [0, 0.05) is 12.8 Å². The van der Waals surface area contributed by atoms with Crippen molar-refractivity contribution in [3.8, 4) is 0 Å². The van der Waals surface area contributed by atoms with Crippen LogP contribution in [0, 0.1) is 0 Å². The van der Waals surface area contributed by atoms with Gasteiger partial charge < -0.3 is 20.3 Å². The first kappa shape index (κ1) is 71.3. The summed E-state index contributed by atoms with van der Waals surface area (Å²) >= 11 is 0. The highest BCUT2D eigenvalue weighted by Crippen LogP contribution is 2.18. The van der Waals surface area contributed by atoms with Crippen LogP contribution in [-0.2, 0) is 14.3 Å². The maximum Gasteiger partial charge on any atom is 0.305 e. The van der Waals surface area contributed by atoms with Crippen LogP contribution < -0.4 is 5.32 Å². The molecule has 0 radical (unpaired) electrons. The molecular formula is C67H129NO5. The molecule has 1 amide bonds.